The highest BCUT2D eigenvalue weighted by atomic mass is 19.1. The molecule has 0 unspecified atom stereocenters. The maximum Gasteiger partial charge on any atom is 0.317 e. The highest BCUT2D eigenvalue weighted by Gasteiger charge is 2.24. The third-order valence-electron chi connectivity index (χ3n) is 4.08. The molecule has 0 spiro atoms. The van der Waals surface area contributed by atoms with Gasteiger partial charge in [-0.3, -0.25) is 0 Å². The Bertz CT molecular complexity index is 499. The summed E-state index contributed by atoms with van der Waals surface area (Å²) in [5.74, 6) is -0.666. The van der Waals surface area contributed by atoms with E-state index in [9.17, 15) is 13.6 Å². The lowest BCUT2D eigenvalue weighted by atomic mass is 9.91. The molecule has 1 heterocycles. The topological polar surface area (TPSA) is 32.3 Å². The number of rotatable bonds is 4. The number of urea groups is 1. The van der Waals surface area contributed by atoms with Crippen molar-refractivity contribution in [2.45, 2.75) is 45.6 Å². The van der Waals surface area contributed by atoms with E-state index in [0.717, 1.165) is 19.4 Å². The molecule has 1 N–H and O–H groups in total. The van der Waals surface area contributed by atoms with Crippen LogP contribution in [0.5, 0.6) is 0 Å². The minimum atomic E-state index is -0.481. The number of benzene rings is 1. The molecule has 1 aromatic rings. The van der Waals surface area contributed by atoms with Gasteiger partial charge < -0.3 is 10.2 Å². The van der Waals surface area contributed by atoms with Gasteiger partial charge in [-0.15, -0.1) is 0 Å². The number of carbonyl (C=O) groups excluding carboxylic acids is 1. The number of likely N-dealkylation sites (tertiary alicyclic amines) is 1. The van der Waals surface area contributed by atoms with Gasteiger partial charge in [-0.05, 0) is 57.6 Å². The van der Waals surface area contributed by atoms with Crippen molar-refractivity contribution < 1.29 is 13.6 Å². The predicted molar refractivity (Wildman–Crippen MR) is 82.6 cm³/mol. The molecule has 0 aromatic heterocycles. The van der Waals surface area contributed by atoms with Gasteiger partial charge in [-0.25, -0.2) is 13.6 Å². The maximum absolute atomic E-state index is 13.6. The average molecular weight is 310 g/mol. The number of halogens is 2. The zero-order valence-electron chi connectivity index (χ0n) is 13.2. The van der Waals surface area contributed by atoms with E-state index in [1.807, 2.05) is 18.7 Å². The summed E-state index contributed by atoms with van der Waals surface area (Å²) in [6.07, 6.45) is 3.02. The van der Waals surface area contributed by atoms with Gasteiger partial charge in [0.1, 0.15) is 11.6 Å². The molecule has 22 heavy (non-hydrogen) atoms. The minimum absolute atomic E-state index is 0.0447. The first-order valence-corrected chi connectivity index (χ1v) is 7.95. The number of carbonyl (C=O) groups is 1. The Hall–Kier alpha value is -1.65. The summed E-state index contributed by atoms with van der Waals surface area (Å²) in [6, 6.07) is 4.04. The summed E-state index contributed by atoms with van der Waals surface area (Å²) in [5.41, 5.74) is 0.159. The summed E-state index contributed by atoms with van der Waals surface area (Å²) in [5, 5.41) is 2.89. The van der Waals surface area contributed by atoms with Gasteiger partial charge >= 0.3 is 6.03 Å². The van der Waals surface area contributed by atoms with E-state index in [4.69, 9.17) is 0 Å². The van der Waals surface area contributed by atoms with Crippen LogP contribution in [-0.4, -0.2) is 30.1 Å². The van der Waals surface area contributed by atoms with E-state index in [2.05, 4.69) is 5.32 Å². The first-order valence-electron chi connectivity index (χ1n) is 7.95. The molecule has 3 nitrogen and oxygen atoms in total. The normalized spacial score (nSPS) is 18.6. The summed E-state index contributed by atoms with van der Waals surface area (Å²) >= 11 is 0. The van der Waals surface area contributed by atoms with Crippen molar-refractivity contribution in [3.05, 3.63) is 35.4 Å². The first kappa shape index (κ1) is 16.7. The van der Waals surface area contributed by atoms with Crippen LogP contribution in [0.3, 0.4) is 0 Å². The van der Waals surface area contributed by atoms with Crippen molar-refractivity contribution in [3.8, 4) is 0 Å². The Morgan fingerprint density at radius 1 is 1.36 bits per heavy atom. The van der Waals surface area contributed by atoms with Crippen LogP contribution in [-0.2, 0) is 6.42 Å². The number of nitrogens with zero attached hydrogens (tertiary/aromatic N) is 1. The van der Waals surface area contributed by atoms with Crippen LogP contribution in [0, 0.1) is 17.6 Å². The summed E-state index contributed by atoms with van der Waals surface area (Å²) in [4.78, 5) is 13.8. The predicted octanol–water partition coefficient (Wildman–Crippen LogP) is 3.73. The third-order valence-corrected chi connectivity index (χ3v) is 4.08. The number of hydrogen-bond acceptors (Lipinski definition) is 1. The molecule has 2 rings (SSSR count). The van der Waals surface area contributed by atoms with Gasteiger partial charge in [-0.2, -0.15) is 0 Å². The minimum Gasteiger partial charge on any atom is -0.336 e. The molecule has 122 valence electrons. The van der Waals surface area contributed by atoms with Gasteiger partial charge in [0.2, 0.25) is 0 Å². The molecule has 0 aliphatic carbocycles. The molecular weight excluding hydrogens is 286 g/mol. The zero-order chi connectivity index (χ0) is 16.1. The van der Waals surface area contributed by atoms with Crippen LogP contribution in [0.1, 0.15) is 38.7 Å². The van der Waals surface area contributed by atoms with E-state index in [0.29, 0.717) is 25.3 Å². The Morgan fingerprint density at radius 2 is 2.05 bits per heavy atom. The monoisotopic (exact) mass is 310 g/mol. The van der Waals surface area contributed by atoms with Crippen molar-refractivity contribution in [3.63, 3.8) is 0 Å². The van der Waals surface area contributed by atoms with E-state index < -0.39 is 11.6 Å². The molecule has 1 saturated heterocycles. The number of piperidine rings is 1. The Kier molecular flexibility index (Phi) is 5.75. The molecule has 1 aromatic carbocycles. The molecular formula is C17H24F2N2O. The van der Waals surface area contributed by atoms with Crippen LogP contribution >= 0.6 is 0 Å². The number of nitrogens with one attached hydrogen (secondary N) is 1. The molecule has 0 saturated carbocycles. The van der Waals surface area contributed by atoms with Gasteiger partial charge in [-0.1, -0.05) is 6.07 Å². The third kappa shape index (κ3) is 4.42. The van der Waals surface area contributed by atoms with Gasteiger partial charge in [0.05, 0.1) is 0 Å². The fraction of sp³-hybridized carbons (Fsp3) is 0.588. The molecule has 1 aliphatic heterocycles. The lowest BCUT2D eigenvalue weighted by Crippen LogP contribution is -2.47. The Balaban J connectivity index is 1.89. The number of hydrogen-bond donors (Lipinski definition) is 1. The smallest absolute Gasteiger partial charge is 0.317 e. The SMILES string of the molecule is CC(C)NC(=O)N1CCC[C@@H](CCc2c(F)cccc2F)C1. The van der Waals surface area contributed by atoms with Crippen LogP contribution < -0.4 is 5.32 Å². The fourth-order valence-electron chi connectivity index (χ4n) is 2.94. The van der Waals surface area contributed by atoms with Gasteiger partial charge in [0, 0.05) is 24.7 Å². The molecule has 1 fully saturated rings. The second-order valence-electron chi connectivity index (χ2n) is 6.30. The Labute approximate surface area is 130 Å². The summed E-state index contributed by atoms with van der Waals surface area (Å²) < 4.78 is 27.3. The lowest BCUT2D eigenvalue weighted by Gasteiger charge is -2.33. The van der Waals surface area contributed by atoms with Crippen LogP contribution in [0.25, 0.3) is 0 Å². The van der Waals surface area contributed by atoms with Crippen molar-refractivity contribution in [1.82, 2.24) is 10.2 Å². The second kappa shape index (κ2) is 7.56. The molecule has 1 aliphatic rings. The molecule has 1 atom stereocenters. The van der Waals surface area contributed by atoms with Crippen LogP contribution in [0.15, 0.2) is 18.2 Å². The van der Waals surface area contributed by atoms with Gasteiger partial charge in [0.25, 0.3) is 0 Å². The van der Waals surface area contributed by atoms with E-state index in [1.54, 1.807) is 0 Å². The fourth-order valence-corrected chi connectivity index (χ4v) is 2.94. The van der Waals surface area contributed by atoms with Crippen molar-refractivity contribution >= 4 is 6.03 Å². The second-order valence-corrected chi connectivity index (χ2v) is 6.30. The standard InChI is InChI=1S/C17H24F2N2O/c1-12(2)20-17(22)21-10-4-5-13(11-21)8-9-14-15(18)6-3-7-16(14)19/h3,6-7,12-13H,4-5,8-11H2,1-2H3,(H,20,22)/t13-/m0/s1. The van der Waals surface area contributed by atoms with E-state index >= 15 is 0 Å². The van der Waals surface area contributed by atoms with E-state index in [-0.39, 0.29) is 17.6 Å². The largest absolute Gasteiger partial charge is 0.336 e. The Morgan fingerprint density at radius 3 is 2.68 bits per heavy atom. The quantitative estimate of drug-likeness (QED) is 0.903. The van der Waals surface area contributed by atoms with Crippen molar-refractivity contribution in [2.24, 2.45) is 5.92 Å². The highest BCUT2D eigenvalue weighted by Crippen LogP contribution is 2.23. The maximum atomic E-state index is 13.6. The van der Waals surface area contributed by atoms with Crippen LogP contribution in [0.4, 0.5) is 13.6 Å². The van der Waals surface area contributed by atoms with Crippen molar-refractivity contribution in [2.75, 3.05) is 13.1 Å². The zero-order valence-corrected chi connectivity index (χ0v) is 13.2. The van der Waals surface area contributed by atoms with E-state index in [1.165, 1.54) is 18.2 Å². The lowest BCUT2D eigenvalue weighted by molar-refractivity contribution is 0.160. The first-order chi connectivity index (χ1) is 10.5. The highest BCUT2D eigenvalue weighted by molar-refractivity contribution is 5.74. The average Bonchev–Trinajstić information content (AvgIpc) is 2.46. The summed E-state index contributed by atoms with van der Waals surface area (Å²) in [6.45, 7) is 5.28. The molecule has 0 bridgehead atoms. The molecule has 2 amide bonds. The van der Waals surface area contributed by atoms with Gasteiger partial charge in [0.15, 0.2) is 0 Å². The van der Waals surface area contributed by atoms with Crippen LogP contribution in [0.2, 0.25) is 0 Å². The summed E-state index contributed by atoms with van der Waals surface area (Å²) in [7, 11) is 0. The molecule has 0 radical (unpaired) electrons. The number of amides is 2. The van der Waals surface area contributed by atoms with Crippen molar-refractivity contribution in [1.29, 1.82) is 0 Å². The molecule has 5 heteroatoms.